The number of ether oxygens (including phenoxy) is 3. The molecule has 0 fully saturated rings. The standard InChI is InChI=1S/C18H21BN2O3/c1-22-9-10-23-16-7-5-13(6-8-16)18(12-24-17(20)21-18)14-3-2-4-15(19)11-14/h2-8,11H,9-10,12,19H2,1H3,(H2,20,21). The summed E-state index contributed by atoms with van der Waals surface area (Å²) in [5, 5.41) is 0. The van der Waals surface area contributed by atoms with Crippen molar-refractivity contribution in [1.29, 1.82) is 0 Å². The van der Waals surface area contributed by atoms with Gasteiger partial charge in [0.15, 0.2) is 0 Å². The van der Waals surface area contributed by atoms with Crippen molar-refractivity contribution in [2.24, 2.45) is 10.7 Å². The first kappa shape index (κ1) is 16.4. The molecule has 1 aliphatic rings. The van der Waals surface area contributed by atoms with Gasteiger partial charge in [-0.25, -0.2) is 4.99 Å². The van der Waals surface area contributed by atoms with Gasteiger partial charge < -0.3 is 19.9 Å². The van der Waals surface area contributed by atoms with Gasteiger partial charge in [0.25, 0.3) is 6.02 Å². The van der Waals surface area contributed by atoms with E-state index in [-0.39, 0.29) is 6.02 Å². The molecule has 0 radical (unpaired) electrons. The third kappa shape index (κ3) is 3.24. The zero-order valence-electron chi connectivity index (χ0n) is 14.0. The van der Waals surface area contributed by atoms with Gasteiger partial charge >= 0.3 is 0 Å². The minimum Gasteiger partial charge on any atom is -0.491 e. The second-order valence-corrected chi connectivity index (χ2v) is 5.83. The number of hydrogen-bond donors (Lipinski definition) is 1. The summed E-state index contributed by atoms with van der Waals surface area (Å²) in [7, 11) is 3.72. The molecule has 6 heteroatoms. The van der Waals surface area contributed by atoms with Gasteiger partial charge in [0.1, 0.15) is 32.3 Å². The summed E-state index contributed by atoms with van der Waals surface area (Å²) < 4.78 is 16.1. The molecule has 0 saturated carbocycles. The average molecular weight is 324 g/mol. The molecule has 0 aromatic heterocycles. The number of nitrogens with two attached hydrogens (primary N) is 1. The molecule has 2 N–H and O–H groups in total. The molecule has 5 nitrogen and oxygen atoms in total. The van der Waals surface area contributed by atoms with Gasteiger partial charge in [0.05, 0.1) is 6.61 Å². The Labute approximate surface area is 142 Å². The van der Waals surface area contributed by atoms with Crippen LogP contribution < -0.4 is 15.9 Å². The maximum atomic E-state index is 5.82. The Hall–Kier alpha value is -2.47. The van der Waals surface area contributed by atoms with Crippen molar-refractivity contribution in [1.82, 2.24) is 0 Å². The molecule has 0 amide bonds. The normalized spacial score (nSPS) is 19.6. The van der Waals surface area contributed by atoms with Crippen molar-refractivity contribution < 1.29 is 14.2 Å². The van der Waals surface area contributed by atoms with Crippen LogP contribution in [-0.4, -0.2) is 40.8 Å². The quantitative estimate of drug-likeness (QED) is 0.623. The second-order valence-electron chi connectivity index (χ2n) is 5.83. The van der Waals surface area contributed by atoms with Gasteiger partial charge in [0, 0.05) is 7.11 Å². The molecule has 1 aliphatic heterocycles. The van der Waals surface area contributed by atoms with Crippen LogP contribution in [0.25, 0.3) is 0 Å². The van der Waals surface area contributed by atoms with E-state index < -0.39 is 5.54 Å². The monoisotopic (exact) mass is 324 g/mol. The van der Waals surface area contributed by atoms with E-state index in [0.29, 0.717) is 19.8 Å². The van der Waals surface area contributed by atoms with Gasteiger partial charge in [-0.1, -0.05) is 41.9 Å². The highest BCUT2D eigenvalue weighted by atomic mass is 16.5. The molecule has 24 heavy (non-hydrogen) atoms. The fourth-order valence-electron chi connectivity index (χ4n) is 2.87. The molecule has 0 bridgehead atoms. The van der Waals surface area contributed by atoms with Crippen LogP contribution in [0, 0.1) is 0 Å². The van der Waals surface area contributed by atoms with Crippen LogP contribution in [0.15, 0.2) is 53.5 Å². The summed E-state index contributed by atoms with van der Waals surface area (Å²) >= 11 is 0. The van der Waals surface area contributed by atoms with Gasteiger partial charge in [-0.05, 0) is 23.3 Å². The second kappa shape index (κ2) is 6.97. The lowest BCUT2D eigenvalue weighted by Gasteiger charge is -2.26. The molecule has 1 unspecified atom stereocenters. The van der Waals surface area contributed by atoms with Gasteiger partial charge in [0.2, 0.25) is 0 Å². The van der Waals surface area contributed by atoms with E-state index >= 15 is 0 Å². The summed E-state index contributed by atoms with van der Waals surface area (Å²) in [6.45, 7) is 1.48. The largest absolute Gasteiger partial charge is 0.491 e. The topological polar surface area (TPSA) is 66.1 Å². The van der Waals surface area contributed by atoms with E-state index in [1.165, 1.54) is 5.46 Å². The van der Waals surface area contributed by atoms with Crippen molar-refractivity contribution in [3.63, 3.8) is 0 Å². The highest BCUT2D eigenvalue weighted by Gasteiger charge is 2.39. The van der Waals surface area contributed by atoms with Crippen molar-refractivity contribution in [3.05, 3.63) is 59.7 Å². The number of rotatable bonds is 6. The van der Waals surface area contributed by atoms with Gasteiger partial charge in [-0.15, -0.1) is 0 Å². The van der Waals surface area contributed by atoms with Crippen LogP contribution >= 0.6 is 0 Å². The molecule has 2 aromatic carbocycles. The van der Waals surface area contributed by atoms with E-state index in [2.05, 4.69) is 31.0 Å². The summed E-state index contributed by atoms with van der Waals surface area (Å²) in [6.07, 6.45) is 0. The minimum absolute atomic E-state index is 0.219. The smallest absolute Gasteiger partial charge is 0.283 e. The Bertz CT molecular complexity index is 733. The molecule has 0 saturated heterocycles. The highest BCUT2D eigenvalue weighted by molar-refractivity contribution is 6.32. The molecular formula is C18H21BN2O3. The first-order chi connectivity index (χ1) is 11.6. The number of aliphatic imine (C=N–C) groups is 1. The Kier molecular flexibility index (Phi) is 4.76. The zero-order chi connectivity index (χ0) is 17.0. The third-order valence-electron chi connectivity index (χ3n) is 4.11. The van der Waals surface area contributed by atoms with Crippen molar-refractivity contribution >= 4 is 19.3 Å². The minimum atomic E-state index is -0.610. The lowest BCUT2D eigenvalue weighted by Crippen LogP contribution is -2.28. The first-order valence-corrected chi connectivity index (χ1v) is 7.91. The Morgan fingerprint density at radius 2 is 1.96 bits per heavy atom. The SMILES string of the molecule is Bc1cccc(C2(c3ccc(OCCOC)cc3)COC(N)=N2)c1. The Morgan fingerprint density at radius 1 is 1.17 bits per heavy atom. The number of methoxy groups -OCH3 is 1. The van der Waals surface area contributed by atoms with Crippen LogP contribution in [0.1, 0.15) is 11.1 Å². The van der Waals surface area contributed by atoms with E-state index in [0.717, 1.165) is 16.9 Å². The number of benzene rings is 2. The van der Waals surface area contributed by atoms with Crippen LogP contribution in [0.5, 0.6) is 5.75 Å². The van der Waals surface area contributed by atoms with Crippen LogP contribution in [0.4, 0.5) is 0 Å². The molecule has 0 aliphatic carbocycles. The molecule has 2 aromatic rings. The molecule has 124 valence electrons. The van der Waals surface area contributed by atoms with E-state index in [9.17, 15) is 0 Å². The zero-order valence-corrected chi connectivity index (χ0v) is 14.0. The van der Waals surface area contributed by atoms with Crippen molar-refractivity contribution in [2.45, 2.75) is 5.54 Å². The van der Waals surface area contributed by atoms with E-state index in [1.54, 1.807) is 7.11 Å². The summed E-state index contributed by atoms with van der Waals surface area (Å²) in [5.74, 6) is 0.797. The molecule has 1 atom stereocenters. The van der Waals surface area contributed by atoms with E-state index in [1.807, 2.05) is 30.3 Å². The van der Waals surface area contributed by atoms with Crippen LogP contribution in [0.2, 0.25) is 0 Å². The van der Waals surface area contributed by atoms with Crippen LogP contribution in [0.3, 0.4) is 0 Å². The van der Waals surface area contributed by atoms with Crippen LogP contribution in [-0.2, 0) is 15.0 Å². The molecule has 0 spiro atoms. The highest BCUT2D eigenvalue weighted by Crippen LogP contribution is 2.37. The number of nitrogens with zero attached hydrogens (tertiary/aromatic N) is 1. The summed E-state index contributed by atoms with van der Waals surface area (Å²) in [6, 6.07) is 16.4. The fraction of sp³-hybridized carbons (Fsp3) is 0.278. The van der Waals surface area contributed by atoms with Gasteiger partial charge in [-0.3, -0.25) is 0 Å². The predicted octanol–water partition coefficient (Wildman–Crippen LogP) is 0.559. The third-order valence-corrected chi connectivity index (χ3v) is 4.11. The lowest BCUT2D eigenvalue weighted by atomic mass is 9.81. The Morgan fingerprint density at radius 3 is 2.58 bits per heavy atom. The summed E-state index contributed by atoms with van der Waals surface area (Å²) in [5.41, 5.74) is 8.47. The van der Waals surface area contributed by atoms with Crippen molar-refractivity contribution in [3.8, 4) is 5.75 Å². The Balaban J connectivity index is 1.93. The average Bonchev–Trinajstić information content (AvgIpc) is 2.99. The summed E-state index contributed by atoms with van der Waals surface area (Å²) in [4.78, 5) is 4.62. The first-order valence-electron chi connectivity index (χ1n) is 7.91. The molecule has 3 rings (SSSR count). The number of amidine groups is 1. The maximum absolute atomic E-state index is 5.82. The fourth-order valence-corrected chi connectivity index (χ4v) is 2.87. The van der Waals surface area contributed by atoms with E-state index in [4.69, 9.17) is 19.9 Å². The molecule has 1 heterocycles. The van der Waals surface area contributed by atoms with Crippen molar-refractivity contribution in [2.75, 3.05) is 26.9 Å². The lowest BCUT2D eigenvalue weighted by molar-refractivity contribution is 0.146. The molecular weight excluding hydrogens is 303 g/mol. The number of hydrogen-bond acceptors (Lipinski definition) is 5. The maximum Gasteiger partial charge on any atom is 0.283 e. The van der Waals surface area contributed by atoms with Gasteiger partial charge in [-0.2, -0.15) is 0 Å². The predicted molar refractivity (Wildman–Crippen MR) is 96.8 cm³/mol.